The number of nitrogens with zero attached hydrogens (tertiary/aromatic N) is 2. The number of aromatic nitrogens is 1. The maximum atomic E-state index is 3.95. The van der Waals surface area contributed by atoms with Gasteiger partial charge in [0.2, 0.25) is 0 Å². The summed E-state index contributed by atoms with van der Waals surface area (Å²) >= 11 is 0. The molecule has 72 heavy (non-hydrogen) atoms. The van der Waals surface area contributed by atoms with Gasteiger partial charge in [0.25, 0.3) is 0 Å². The van der Waals surface area contributed by atoms with Gasteiger partial charge in [0.05, 0.1) is 10.9 Å². The highest BCUT2D eigenvalue weighted by Crippen LogP contribution is 2.65. The summed E-state index contributed by atoms with van der Waals surface area (Å²) in [6.07, 6.45) is 15.5. The minimum atomic E-state index is -0.624. The predicted molar refractivity (Wildman–Crippen MR) is 303 cm³/mol. The lowest BCUT2D eigenvalue weighted by Crippen LogP contribution is -2.27. The Balaban J connectivity index is 0.995. The molecule has 0 aliphatic heterocycles. The highest BCUT2D eigenvalue weighted by Gasteiger charge is 2.53. The van der Waals surface area contributed by atoms with Gasteiger partial charge in [-0.1, -0.05) is 169 Å². The lowest BCUT2D eigenvalue weighted by atomic mass is 9.70. The number of rotatable bonds is 8. The number of hydrogen-bond donors (Lipinski definition) is 1. The number of hydrogen-bond acceptors (Lipinski definition) is 2. The zero-order valence-corrected chi connectivity index (χ0v) is 40.7. The number of aryl methyl sites for hydroxylation is 1. The Bertz CT molecular complexity index is 3920. The Morgan fingerprint density at radius 3 is 1.76 bits per heavy atom. The van der Waals surface area contributed by atoms with Crippen LogP contribution in [0.4, 0.5) is 28.4 Å². The maximum Gasteiger partial charge on any atom is 0.0727 e. The van der Waals surface area contributed by atoms with Gasteiger partial charge in [0.1, 0.15) is 0 Å². The minimum Gasteiger partial charge on any atom is -0.354 e. The number of allylic oxidation sites excluding steroid dienone is 8. The third-order valence-electron chi connectivity index (χ3n) is 16.0. The molecule has 1 aromatic heterocycles. The fourth-order valence-electron chi connectivity index (χ4n) is 12.5. The third kappa shape index (κ3) is 6.57. The molecule has 0 bridgehead atoms. The first kappa shape index (κ1) is 42.2. The van der Waals surface area contributed by atoms with E-state index in [9.17, 15) is 0 Å². The SMILES string of the molecule is CC1=CC=C(c2ccc(N(c3ccccc3)c3ccc4c(c3)C3(c5cc(N(C6=CC=CCC6)c6ccc(-c7ccc(C)cc7)cc6)ccc5-4)c4ccccc4-c4c3ccc3c4[nH]c4ccccc43)cc2)CC1. The van der Waals surface area contributed by atoms with Crippen LogP contribution in [0.3, 0.4) is 0 Å². The molecule has 1 spiro atoms. The topological polar surface area (TPSA) is 22.3 Å². The second-order valence-corrected chi connectivity index (χ2v) is 20.1. The molecule has 0 radical (unpaired) electrons. The molecular weight excluding hydrogens is 871 g/mol. The molecule has 1 atom stereocenters. The second-order valence-electron chi connectivity index (χ2n) is 20.1. The van der Waals surface area contributed by atoms with E-state index >= 15 is 0 Å². The highest BCUT2D eigenvalue weighted by atomic mass is 15.2. The molecular formula is C69H53N3. The summed E-state index contributed by atoms with van der Waals surface area (Å²) in [6.45, 7) is 4.38. The van der Waals surface area contributed by atoms with Gasteiger partial charge in [-0.25, -0.2) is 0 Å². The minimum absolute atomic E-state index is 0.624. The Morgan fingerprint density at radius 2 is 1.06 bits per heavy atom. The first-order chi connectivity index (χ1) is 35.5. The average molecular weight is 924 g/mol. The molecule has 0 amide bonds. The number of para-hydroxylation sites is 2. The van der Waals surface area contributed by atoms with Crippen LogP contribution in [0.15, 0.2) is 242 Å². The van der Waals surface area contributed by atoms with Gasteiger partial charge in [-0.15, -0.1) is 0 Å². The van der Waals surface area contributed by atoms with Crippen LogP contribution in [0, 0.1) is 6.92 Å². The molecule has 3 nitrogen and oxygen atoms in total. The number of anilines is 5. The fraction of sp³-hybridized carbons (Fsp3) is 0.101. The van der Waals surface area contributed by atoms with E-state index in [1.54, 1.807) is 0 Å². The van der Waals surface area contributed by atoms with E-state index in [0.29, 0.717) is 0 Å². The van der Waals surface area contributed by atoms with Crippen molar-refractivity contribution in [3.05, 3.63) is 275 Å². The summed E-state index contributed by atoms with van der Waals surface area (Å²) in [4.78, 5) is 8.90. The first-order valence-corrected chi connectivity index (χ1v) is 25.6. The standard InChI is InChI=1S/C69H53N3/c1-45-21-25-47(26-22-45)49-29-33-53(34-30-49)71(51-13-5-3-6-14-51)55-37-39-57-58-40-38-56(72(52-15-7-4-8-16-52)54-35-31-50(32-36-54)48-27-23-46(2)24-28-48)44-65(58)69(64(57)43-55)62-19-11-9-18-61(62)67-63(69)42-41-60-59-17-10-12-20-66(59)70-68(60)67/h3-7,9-15,17-21,23-25,27-44,70H,8,16,22,26H2,1-2H3. The lowest BCUT2D eigenvalue weighted by molar-refractivity contribution is 0.793. The fourth-order valence-corrected chi connectivity index (χ4v) is 12.5. The van der Waals surface area contributed by atoms with Gasteiger partial charge < -0.3 is 14.8 Å². The summed E-state index contributed by atoms with van der Waals surface area (Å²) in [5.74, 6) is 0. The molecule has 1 N–H and O–H groups in total. The van der Waals surface area contributed by atoms with Crippen LogP contribution in [0.2, 0.25) is 0 Å². The normalized spacial score (nSPS) is 16.2. The number of aromatic amines is 1. The largest absolute Gasteiger partial charge is 0.354 e. The third-order valence-corrected chi connectivity index (χ3v) is 16.0. The van der Waals surface area contributed by atoms with Crippen molar-refractivity contribution in [2.24, 2.45) is 0 Å². The van der Waals surface area contributed by atoms with Gasteiger partial charge in [0.15, 0.2) is 0 Å². The number of nitrogens with one attached hydrogen (secondary N) is 1. The van der Waals surface area contributed by atoms with Crippen LogP contribution >= 0.6 is 0 Å². The van der Waals surface area contributed by atoms with Gasteiger partial charge in [0, 0.05) is 56.0 Å². The Kier molecular flexibility index (Phi) is 9.83. The summed E-state index contributed by atoms with van der Waals surface area (Å²) in [5.41, 5.74) is 26.9. The lowest BCUT2D eigenvalue weighted by Gasteiger charge is -2.34. The van der Waals surface area contributed by atoms with E-state index in [2.05, 4.69) is 259 Å². The predicted octanol–water partition coefficient (Wildman–Crippen LogP) is 18.6. The monoisotopic (exact) mass is 923 g/mol. The van der Waals surface area contributed by atoms with Crippen molar-refractivity contribution in [3.8, 4) is 33.4 Å². The van der Waals surface area contributed by atoms with Gasteiger partial charge >= 0.3 is 0 Å². The molecule has 1 unspecified atom stereocenters. The van der Waals surface area contributed by atoms with E-state index in [1.165, 1.54) is 99.9 Å². The van der Waals surface area contributed by atoms with Gasteiger partial charge in [-0.05, 0) is 174 Å². The molecule has 344 valence electrons. The van der Waals surface area contributed by atoms with E-state index in [1.807, 2.05) is 0 Å². The van der Waals surface area contributed by atoms with Crippen molar-refractivity contribution in [3.63, 3.8) is 0 Å². The van der Waals surface area contributed by atoms with Crippen molar-refractivity contribution in [1.82, 2.24) is 4.98 Å². The van der Waals surface area contributed by atoms with Crippen LogP contribution in [0.25, 0.3) is 60.8 Å². The quantitative estimate of drug-likeness (QED) is 0.164. The molecule has 0 saturated heterocycles. The van der Waals surface area contributed by atoms with E-state index in [-0.39, 0.29) is 0 Å². The zero-order valence-electron chi connectivity index (χ0n) is 40.7. The molecule has 9 aromatic carbocycles. The zero-order chi connectivity index (χ0) is 47.9. The molecule has 1 heterocycles. The molecule has 0 saturated carbocycles. The van der Waals surface area contributed by atoms with Crippen LogP contribution in [-0.4, -0.2) is 4.98 Å². The Morgan fingerprint density at radius 1 is 0.431 bits per heavy atom. The summed E-state index contributed by atoms with van der Waals surface area (Å²) < 4.78 is 0. The van der Waals surface area contributed by atoms with E-state index < -0.39 is 5.41 Å². The second kappa shape index (κ2) is 16.7. The van der Waals surface area contributed by atoms with Crippen molar-refractivity contribution in [1.29, 1.82) is 0 Å². The number of benzene rings is 9. The molecule has 4 aliphatic carbocycles. The summed E-state index contributed by atoms with van der Waals surface area (Å²) in [6, 6.07) is 75.5. The Labute approximate surface area is 422 Å². The molecule has 4 aliphatic rings. The van der Waals surface area contributed by atoms with Crippen LogP contribution in [0.5, 0.6) is 0 Å². The van der Waals surface area contributed by atoms with Crippen molar-refractivity contribution in [2.75, 3.05) is 9.80 Å². The van der Waals surface area contributed by atoms with Crippen LogP contribution < -0.4 is 9.80 Å². The molecule has 3 heteroatoms. The van der Waals surface area contributed by atoms with Crippen LogP contribution in [-0.2, 0) is 5.41 Å². The number of fused-ring (bicyclic) bond motifs is 14. The molecule has 0 fully saturated rings. The van der Waals surface area contributed by atoms with E-state index in [0.717, 1.165) is 59.6 Å². The molecule has 10 aromatic rings. The summed E-state index contributed by atoms with van der Waals surface area (Å²) in [7, 11) is 0. The van der Waals surface area contributed by atoms with Crippen molar-refractivity contribution in [2.45, 2.75) is 44.9 Å². The van der Waals surface area contributed by atoms with E-state index in [4.69, 9.17) is 0 Å². The maximum absolute atomic E-state index is 3.95. The van der Waals surface area contributed by atoms with Gasteiger partial charge in [-0.2, -0.15) is 0 Å². The first-order valence-electron chi connectivity index (χ1n) is 25.6. The molecule has 14 rings (SSSR count). The number of H-pyrrole nitrogens is 1. The highest BCUT2D eigenvalue weighted by molar-refractivity contribution is 6.15. The average Bonchev–Trinajstić information content (AvgIpc) is 4.07. The van der Waals surface area contributed by atoms with Crippen molar-refractivity contribution >= 4 is 55.8 Å². The van der Waals surface area contributed by atoms with Crippen LogP contribution in [0.1, 0.15) is 66.0 Å². The van der Waals surface area contributed by atoms with Crippen molar-refractivity contribution < 1.29 is 0 Å². The smallest absolute Gasteiger partial charge is 0.0727 e. The van der Waals surface area contributed by atoms with Gasteiger partial charge in [-0.3, -0.25) is 0 Å². The Hall–Kier alpha value is -8.66. The summed E-state index contributed by atoms with van der Waals surface area (Å²) in [5, 5.41) is 2.50.